The van der Waals surface area contributed by atoms with Gasteiger partial charge in [-0.25, -0.2) is 0 Å². The maximum Gasteiger partial charge on any atom is 0.142 e. The lowest BCUT2D eigenvalue weighted by molar-refractivity contribution is 0.0637. The molecule has 1 saturated heterocycles. The van der Waals surface area contributed by atoms with Crippen LogP contribution in [0, 0.1) is 0 Å². The number of benzene rings is 1. The Kier molecular flexibility index (Phi) is 3.54. The van der Waals surface area contributed by atoms with E-state index in [0.29, 0.717) is 11.4 Å². The number of hydrogen-bond donors (Lipinski definition) is 2. The summed E-state index contributed by atoms with van der Waals surface area (Å²) in [5.41, 5.74) is 7.54. The third-order valence-corrected chi connectivity index (χ3v) is 3.47. The number of hydrogen-bond acceptors (Lipinski definition) is 4. The van der Waals surface area contributed by atoms with Crippen LogP contribution in [-0.4, -0.2) is 43.4 Å². The smallest absolute Gasteiger partial charge is 0.142 e. The highest BCUT2D eigenvalue weighted by atomic mass is 16.5. The summed E-state index contributed by atoms with van der Waals surface area (Å²) in [5.74, 6) is 0.870. The minimum Gasteiger partial charge on any atom is -0.495 e. The first kappa shape index (κ1) is 12.2. The van der Waals surface area contributed by atoms with Gasteiger partial charge in [-0.2, -0.15) is 0 Å². The normalized spacial score (nSPS) is 25.8. The molecule has 0 aliphatic carbocycles. The third kappa shape index (κ3) is 2.53. The molecule has 1 aliphatic heterocycles. The number of ether oxygens (including phenoxy) is 1. The Morgan fingerprint density at radius 3 is 2.88 bits per heavy atom. The fourth-order valence-electron chi connectivity index (χ4n) is 2.44. The molecule has 0 saturated carbocycles. The van der Waals surface area contributed by atoms with Gasteiger partial charge < -0.3 is 20.5 Å². The van der Waals surface area contributed by atoms with Gasteiger partial charge in [-0.1, -0.05) is 6.07 Å². The van der Waals surface area contributed by atoms with Gasteiger partial charge >= 0.3 is 0 Å². The molecule has 1 heterocycles. The van der Waals surface area contributed by atoms with Gasteiger partial charge in [-0.3, -0.25) is 0 Å². The summed E-state index contributed by atoms with van der Waals surface area (Å²) in [5, 5.41) is 10.1. The van der Waals surface area contributed by atoms with E-state index in [1.807, 2.05) is 25.2 Å². The second kappa shape index (κ2) is 4.94. The summed E-state index contributed by atoms with van der Waals surface area (Å²) in [6.07, 6.45) is 0.646. The van der Waals surface area contributed by atoms with Crippen molar-refractivity contribution in [3.8, 4) is 5.75 Å². The van der Waals surface area contributed by atoms with Crippen LogP contribution >= 0.6 is 0 Å². The highest BCUT2D eigenvalue weighted by Gasteiger charge is 2.27. The monoisotopic (exact) mass is 236 g/mol. The van der Waals surface area contributed by atoms with Crippen molar-refractivity contribution in [3.05, 3.63) is 23.8 Å². The van der Waals surface area contributed by atoms with Crippen LogP contribution in [-0.2, 0) is 0 Å². The first-order valence-electron chi connectivity index (χ1n) is 5.92. The number of nitrogens with zero attached hydrogens (tertiary/aromatic N) is 1. The molecule has 1 aromatic carbocycles. The number of β-amino-alcohol motifs (C(OH)–C–C–N with tert-alkyl or cyclic N) is 1. The molecule has 94 valence electrons. The van der Waals surface area contributed by atoms with E-state index >= 15 is 0 Å². The number of likely N-dealkylation sites (N-methyl/N-ethyl adjacent to an activating group) is 1. The summed E-state index contributed by atoms with van der Waals surface area (Å²) in [4.78, 5) is 2.15. The maximum atomic E-state index is 10.1. The number of aliphatic hydroxyl groups excluding tert-OH is 1. The van der Waals surface area contributed by atoms with Crippen LogP contribution in [0.3, 0.4) is 0 Å². The Bertz CT molecular complexity index is 395. The second-order valence-electron chi connectivity index (χ2n) is 4.73. The quantitative estimate of drug-likeness (QED) is 0.754. The lowest BCUT2D eigenvalue weighted by Crippen LogP contribution is -2.40. The molecule has 0 aromatic heterocycles. The predicted molar refractivity (Wildman–Crippen MR) is 68.3 cm³/mol. The largest absolute Gasteiger partial charge is 0.495 e. The number of aliphatic hydroxyl groups is 1. The SMILES string of the molecule is COc1cc([C@H]2CCN(C)C[C@@H]2O)ccc1N. The lowest BCUT2D eigenvalue weighted by Gasteiger charge is -2.34. The number of rotatable bonds is 2. The van der Waals surface area contributed by atoms with Crippen molar-refractivity contribution < 1.29 is 9.84 Å². The molecular weight excluding hydrogens is 216 g/mol. The molecule has 2 rings (SSSR count). The zero-order valence-corrected chi connectivity index (χ0v) is 10.4. The highest BCUT2D eigenvalue weighted by molar-refractivity contribution is 5.54. The average molecular weight is 236 g/mol. The summed E-state index contributed by atoms with van der Waals surface area (Å²) in [6.45, 7) is 1.73. The van der Waals surface area contributed by atoms with E-state index in [0.717, 1.165) is 25.1 Å². The van der Waals surface area contributed by atoms with Gasteiger partial charge in [0.05, 0.1) is 18.9 Å². The lowest BCUT2D eigenvalue weighted by atomic mass is 9.87. The molecular formula is C13H20N2O2. The molecule has 17 heavy (non-hydrogen) atoms. The van der Waals surface area contributed by atoms with Crippen molar-refractivity contribution in [1.82, 2.24) is 4.90 Å². The molecule has 4 nitrogen and oxygen atoms in total. The first-order valence-corrected chi connectivity index (χ1v) is 5.92. The van der Waals surface area contributed by atoms with Crippen molar-refractivity contribution in [1.29, 1.82) is 0 Å². The highest BCUT2D eigenvalue weighted by Crippen LogP contribution is 2.32. The number of methoxy groups -OCH3 is 1. The Morgan fingerprint density at radius 2 is 2.24 bits per heavy atom. The van der Waals surface area contributed by atoms with Crippen LogP contribution < -0.4 is 10.5 Å². The topological polar surface area (TPSA) is 58.7 Å². The van der Waals surface area contributed by atoms with Crippen LogP contribution in [0.4, 0.5) is 5.69 Å². The zero-order valence-electron chi connectivity index (χ0n) is 10.4. The fourth-order valence-corrected chi connectivity index (χ4v) is 2.44. The standard InChI is InChI=1S/C13H20N2O2/c1-15-6-5-10(12(16)8-15)9-3-4-11(14)13(7-9)17-2/h3-4,7,10,12,16H,5-6,8,14H2,1-2H3/t10-,12+/m1/s1. The van der Waals surface area contributed by atoms with Gasteiger partial charge in [0, 0.05) is 12.5 Å². The molecule has 1 aromatic rings. The van der Waals surface area contributed by atoms with E-state index in [1.165, 1.54) is 0 Å². The molecule has 2 atom stereocenters. The molecule has 0 amide bonds. The van der Waals surface area contributed by atoms with Crippen molar-refractivity contribution >= 4 is 5.69 Å². The molecule has 4 heteroatoms. The molecule has 0 bridgehead atoms. The average Bonchev–Trinajstić information content (AvgIpc) is 2.30. The van der Waals surface area contributed by atoms with E-state index in [-0.39, 0.29) is 12.0 Å². The Morgan fingerprint density at radius 1 is 1.47 bits per heavy atom. The maximum absolute atomic E-state index is 10.1. The number of piperidine rings is 1. The van der Waals surface area contributed by atoms with E-state index in [1.54, 1.807) is 7.11 Å². The summed E-state index contributed by atoms with van der Waals surface area (Å²) in [6, 6.07) is 5.77. The van der Waals surface area contributed by atoms with Crippen LogP contribution in [0.15, 0.2) is 18.2 Å². The fraction of sp³-hybridized carbons (Fsp3) is 0.538. The van der Waals surface area contributed by atoms with Crippen molar-refractivity contribution in [2.45, 2.75) is 18.4 Å². The molecule has 0 radical (unpaired) electrons. The minimum absolute atomic E-state index is 0.181. The minimum atomic E-state index is -0.318. The first-order chi connectivity index (χ1) is 8.11. The van der Waals surface area contributed by atoms with Crippen LogP contribution in [0.2, 0.25) is 0 Å². The second-order valence-corrected chi connectivity index (χ2v) is 4.73. The van der Waals surface area contributed by atoms with Crippen molar-refractivity contribution in [3.63, 3.8) is 0 Å². The number of likely N-dealkylation sites (tertiary alicyclic amines) is 1. The van der Waals surface area contributed by atoms with Crippen molar-refractivity contribution in [2.75, 3.05) is 33.0 Å². The summed E-state index contributed by atoms with van der Waals surface area (Å²) in [7, 11) is 3.64. The van der Waals surface area contributed by atoms with Gasteiger partial charge in [0.25, 0.3) is 0 Å². The Balaban J connectivity index is 2.22. The molecule has 3 N–H and O–H groups in total. The zero-order chi connectivity index (χ0) is 12.4. The number of nitrogens with two attached hydrogens (primary N) is 1. The molecule has 1 aliphatic rings. The number of anilines is 1. The van der Waals surface area contributed by atoms with Gasteiger partial charge in [-0.05, 0) is 37.7 Å². The third-order valence-electron chi connectivity index (χ3n) is 3.47. The van der Waals surface area contributed by atoms with Gasteiger partial charge in [0.1, 0.15) is 5.75 Å². The molecule has 0 unspecified atom stereocenters. The van der Waals surface area contributed by atoms with Gasteiger partial charge in [0.15, 0.2) is 0 Å². The van der Waals surface area contributed by atoms with Crippen LogP contribution in [0.5, 0.6) is 5.75 Å². The van der Waals surface area contributed by atoms with Crippen LogP contribution in [0.25, 0.3) is 0 Å². The van der Waals surface area contributed by atoms with E-state index in [9.17, 15) is 5.11 Å². The predicted octanol–water partition coefficient (Wildman–Crippen LogP) is 1.06. The number of nitrogen functional groups attached to an aromatic ring is 1. The van der Waals surface area contributed by atoms with Crippen molar-refractivity contribution in [2.24, 2.45) is 0 Å². The Labute approximate surface area is 102 Å². The van der Waals surface area contributed by atoms with Crippen LogP contribution in [0.1, 0.15) is 17.9 Å². The van der Waals surface area contributed by atoms with Gasteiger partial charge in [-0.15, -0.1) is 0 Å². The van der Waals surface area contributed by atoms with E-state index < -0.39 is 0 Å². The summed E-state index contributed by atoms with van der Waals surface area (Å²) < 4.78 is 5.22. The molecule has 1 fully saturated rings. The van der Waals surface area contributed by atoms with E-state index in [4.69, 9.17) is 10.5 Å². The van der Waals surface area contributed by atoms with Gasteiger partial charge in [0.2, 0.25) is 0 Å². The van der Waals surface area contributed by atoms with E-state index in [2.05, 4.69) is 4.90 Å². The molecule has 0 spiro atoms. The summed E-state index contributed by atoms with van der Waals surface area (Å²) >= 11 is 0. The Hall–Kier alpha value is -1.26.